The summed E-state index contributed by atoms with van der Waals surface area (Å²) in [5.74, 6) is 0.572. The highest BCUT2D eigenvalue weighted by Gasteiger charge is 2.21. The molecule has 0 amide bonds. The Labute approximate surface area is 110 Å². The van der Waals surface area contributed by atoms with Gasteiger partial charge in [-0.3, -0.25) is 0 Å². The van der Waals surface area contributed by atoms with Gasteiger partial charge in [0.05, 0.1) is 0 Å². The molecule has 0 saturated heterocycles. The van der Waals surface area contributed by atoms with Crippen LogP contribution in [0.25, 0.3) is 10.9 Å². The predicted octanol–water partition coefficient (Wildman–Crippen LogP) is 3.63. The molecule has 1 aromatic carbocycles. The van der Waals surface area contributed by atoms with E-state index in [9.17, 15) is 0 Å². The summed E-state index contributed by atoms with van der Waals surface area (Å²) in [4.78, 5) is 0. The van der Waals surface area contributed by atoms with Gasteiger partial charge in [-0.1, -0.05) is 29.8 Å². The summed E-state index contributed by atoms with van der Waals surface area (Å²) < 4.78 is 3.65. The number of hydrogen-bond donors (Lipinski definition) is 1. The lowest BCUT2D eigenvalue weighted by Gasteiger charge is -2.19. The molecule has 1 N–H and O–H groups in total. The molecule has 0 aliphatic carbocycles. The largest absolute Gasteiger partial charge is 0.342 e. The normalized spacial score (nSPS) is 15.5. The molecule has 2 aromatic rings. The van der Waals surface area contributed by atoms with Gasteiger partial charge in [0, 0.05) is 40.7 Å². The van der Waals surface area contributed by atoms with Crippen LogP contribution >= 0.6 is 15.9 Å². The lowest BCUT2D eigenvalue weighted by molar-refractivity contribution is 0.520. The van der Waals surface area contributed by atoms with Gasteiger partial charge in [0.2, 0.25) is 0 Å². The molecule has 90 valence electrons. The summed E-state index contributed by atoms with van der Waals surface area (Å²) in [7, 11) is 0. The van der Waals surface area contributed by atoms with E-state index in [1.54, 1.807) is 0 Å². The molecular formula is C14H17BrN2. The number of nitrogens with zero attached hydrogens (tertiary/aromatic N) is 1. The third-order valence-electron chi connectivity index (χ3n) is 3.56. The van der Waals surface area contributed by atoms with E-state index in [4.69, 9.17) is 0 Å². The highest BCUT2D eigenvalue weighted by molar-refractivity contribution is 9.10. The molecule has 0 atom stereocenters. The van der Waals surface area contributed by atoms with Gasteiger partial charge in [0.25, 0.3) is 0 Å². The van der Waals surface area contributed by atoms with Crippen LogP contribution in [0.5, 0.6) is 0 Å². The second-order valence-electron chi connectivity index (χ2n) is 5.00. The Balaban J connectivity index is 2.38. The number of halogens is 1. The smallest absolute Gasteiger partial charge is 0.0487 e. The lowest BCUT2D eigenvalue weighted by atomic mass is 9.99. The fraction of sp³-hybridized carbons (Fsp3) is 0.429. The third kappa shape index (κ3) is 1.72. The minimum Gasteiger partial charge on any atom is -0.342 e. The van der Waals surface area contributed by atoms with Crippen LogP contribution in [0.1, 0.15) is 31.0 Å². The maximum absolute atomic E-state index is 3.58. The molecule has 0 bridgehead atoms. The van der Waals surface area contributed by atoms with Crippen molar-refractivity contribution in [2.75, 3.05) is 6.54 Å². The average molecular weight is 293 g/mol. The van der Waals surface area contributed by atoms with Gasteiger partial charge in [-0.25, -0.2) is 0 Å². The minimum absolute atomic E-state index is 0.572. The molecule has 2 heterocycles. The van der Waals surface area contributed by atoms with Crippen LogP contribution in [0.15, 0.2) is 22.7 Å². The molecule has 1 aromatic heterocycles. The summed E-state index contributed by atoms with van der Waals surface area (Å²) in [5, 5.41) is 4.89. The van der Waals surface area contributed by atoms with Crippen LogP contribution < -0.4 is 5.32 Å². The first-order chi connectivity index (χ1) is 8.18. The summed E-state index contributed by atoms with van der Waals surface area (Å²) in [6, 6.07) is 6.64. The highest BCUT2D eigenvalue weighted by Crippen LogP contribution is 2.34. The maximum Gasteiger partial charge on any atom is 0.0487 e. The number of nitrogens with one attached hydrogen (secondary N) is 1. The number of hydrogen-bond acceptors (Lipinski definition) is 1. The average Bonchev–Trinajstić information content (AvgIpc) is 2.62. The first-order valence-corrected chi connectivity index (χ1v) is 6.99. The van der Waals surface area contributed by atoms with Crippen LogP contribution in [0.3, 0.4) is 0 Å². The van der Waals surface area contributed by atoms with Crippen LogP contribution in [-0.2, 0) is 13.1 Å². The lowest BCUT2D eigenvalue weighted by Crippen LogP contribution is -2.28. The van der Waals surface area contributed by atoms with E-state index in [0.717, 1.165) is 19.6 Å². The zero-order valence-corrected chi connectivity index (χ0v) is 11.8. The molecule has 17 heavy (non-hydrogen) atoms. The Morgan fingerprint density at radius 1 is 1.35 bits per heavy atom. The summed E-state index contributed by atoms with van der Waals surface area (Å²) >= 11 is 3.58. The Morgan fingerprint density at radius 2 is 2.18 bits per heavy atom. The SMILES string of the molecule is CC(C)c1c2n(c3ccc(Br)cc13)CCNC2. The van der Waals surface area contributed by atoms with Gasteiger partial charge in [-0.2, -0.15) is 0 Å². The summed E-state index contributed by atoms with van der Waals surface area (Å²) in [6.07, 6.45) is 0. The Kier molecular flexibility index (Phi) is 2.75. The van der Waals surface area contributed by atoms with E-state index in [-0.39, 0.29) is 0 Å². The summed E-state index contributed by atoms with van der Waals surface area (Å²) in [5.41, 5.74) is 4.36. The second kappa shape index (κ2) is 4.14. The minimum atomic E-state index is 0.572. The van der Waals surface area contributed by atoms with Crippen LogP contribution in [0, 0.1) is 0 Å². The zero-order valence-electron chi connectivity index (χ0n) is 10.3. The standard InChI is InChI=1S/C14H17BrN2/c1-9(2)14-11-7-10(15)3-4-12(11)17-6-5-16-8-13(14)17/h3-4,7,9,16H,5-6,8H2,1-2H3. The molecule has 1 aliphatic heterocycles. The van der Waals surface area contributed by atoms with Crippen molar-refractivity contribution >= 4 is 26.8 Å². The number of benzene rings is 1. The van der Waals surface area contributed by atoms with E-state index in [1.165, 1.54) is 26.6 Å². The molecule has 2 nitrogen and oxygen atoms in total. The molecule has 0 fully saturated rings. The van der Waals surface area contributed by atoms with Gasteiger partial charge in [-0.05, 0) is 29.7 Å². The van der Waals surface area contributed by atoms with Crippen molar-refractivity contribution < 1.29 is 0 Å². The van der Waals surface area contributed by atoms with Crippen molar-refractivity contribution in [3.05, 3.63) is 33.9 Å². The topological polar surface area (TPSA) is 17.0 Å². The first kappa shape index (κ1) is 11.3. The predicted molar refractivity (Wildman–Crippen MR) is 75.4 cm³/mol. The van der Waals surface area contributed by atoms with Crippen LogP contribution in [0.4, 0.5) is 0 Å². The molecule has 1 aliphatic rings. The van der Waals surface area contributed by atoms with Gasteiger partial charge < -0.3 is 9.88 Å². The van der Waals surface area contributed by atoms with Crippen molar-refractivity contribution in [1.29, 1.82) is 0 Å². The maximum atomic E-state index is 3.58. The summed E-state index contributed by atoms with van der Waals surface area (Å²) in [6.45, 7) is 7.72. The zero-order chi connectivity index (χ0) is 12.0. The van der Waals surface area contributed by atoms with Gasteiger partial charge in [0.15, 0.2) is 0 Å². The van der Waals surface area contributed by atoms with Crippen LogP contribution in [-0.4, -0.2) is 11.1 Å². The molecule has 3 rings (SSSR count). The van der Waals surface area contributed by atoms with Crippen molar-refractivity contribution in [2.45, 2.75) is 32.9 Å². The molecule has 0 radical (unpaired) electrons. The van der Waals surface area contributed by atoms with Gasteiger partial charge >= 0.3 is 0 Å². The van der Waals surface area contributed by atoms with Crippen molar-refractivity contribution in [2.24, 2.45) is 0 Å². The third-order valence-corrected chi connectivity index (χ3v) is 4.05. The van der Waals surface area contributed by atoms with Gasteiger partial charge in [0.1, 0.15) is 0 Å². The van der Waals surface area contributed by atoms with Crippen molar-refractivity contribution in [3.8, 4) is 0 Å². The fourth-order valence-corrected chi connectivity index (χ4v) is 3.25. The van der Waals surface area contributed by atoms with Gasteiger partial charge in [-0.15, -0.1) is 0 Å². The van der Waals surface area contributed by atoms with E-state index >= 15 is 0 Å². The Hall–Kier alpha value is -0.800. The molecule has 0 saturated carbocycles. The number of fused-ring (bicyclic) bond motifs is 3. The van der Waals surface area contributed by atoms with Crippen molar-refractivity contribution in [3.63, 3.8) is 0 Å². The molecule has 3 heteroatoms. The first-order valence-electron chi connectivity index (χ1n) is 6.19. The molecular weight excluding hydrogens is 276 g/mol. The van der Waals surface area contributed by atoms with E-state index in [0.29, 0.717) is 5.92 Å². The Bertz CT molecular complexity index is 569. The quantitative estimate of drug-likeness (QED) is 0.849. The monoisotopic (exact) mass is 292 g/mol. The van der Waals surface area contributed by atoms with E-state index < -0.39 is 0 Å². The number of aromatic nitrogens is 1. The molecule has 0 spiro atoms. The van der Waals surface area contributed by atoms with E-state index in [1.807, 2.05) is 0 Å². The second-order valence-corrected chi connectivity index (χ2v) is 5.92. The molecule has 0 unspecified atom stereocenters. The highest BCUT2D eigenvalue weighted by atomic mass is 79.9. The van der Waals surface area contributed by atoms with Crippen molar-refractivity contribution in [1.82, 2.24) is 9.88 Å². The van der Waals surface area contributed by atoms with E-state index in [2.05, 4.69) is 57.9 Å². The Morgan fingerprint density at radius 3 is 2.94 bits per heavy atom. The number of rotatable bonds is 1. The van der Waals surface area contributed by atoms with Crippen LogP contribution in [0.2, 0.25) is 0 Å². The fourth-order valence-electron chi connectivity index (χ4n) is 2.89.